The molecule has 0 unspecified atom stereocenters. The van der Waals surface area contributed by atoms with Crippen LogP contribution in [-0.4, -0.2) is 31.2 Å². The maximum atomic E-state index is 4.38. The molecule has 6 heteroatoms. The second-order valence-electron chi connectivity index (χ2n) is 5.46. The standard InChI is InChI=1S/C13H17N5S/c1-9-14-6-11(19-9)7-17-4-5-18-12(8-17)15-16-13(18)10-2-3-10/h6,10H,2-5,7-8H2,1H3. The van der Waals surface area contributed by atoms with E-state index in [1.807, 2.05) is 6.20 Å². The zero-order valence-corrected chi connectivity index (χ0v) is 11.9. The number of rotatable bonds is 3. The van der Waals surface area contributed by atoms with Gasteiger partial charge in [0, 0.05) is 36.6 Å². The molecule has 1 fully saturated rings. The van der Waals surface area contributed by atoms with E-state index in [1.54, 1.807) is 11.3 Å². The second kappa shape index (κ2) is 4.38. The van der Waals surface area contributed by atoms with Crippen molar-refractivity contribution in [3.05, 3.63) is 27.7 Å². The van der Waals surface area contributed by atoms with E-state index in [2.05, 4.69) is 31.6 Å². The van der Waals surface area contributed by atoms with Crippen molar-refractivity contribution in [3.8, 4) is 0 Å². The molecule has 2 aliphatic rings. The molecule has 0 N–H and O–H groups in total. The molecule has 0 aromatic carbocycles. The maximum Gasteiger partial charge on any atom is 0.147 e. The van der Waals surface area contributed by atoms with Gasteiger partial charge in [0.25, 0.3) is 0 Å². The first-order valence-electron chi connectivity index (χ1n) is 6.85. The molecule has 0 bridgehead atoms. The average Bonchev–Trinajstić information content (AvgIpc) is 3.04. The predicted molar refractivity (Wildman–Crippen MR) is 73.0 cm³/mol. The summed E-state index contributed by atoms with van der Waals surface area (Å²) >= 11 is 1.79. The number of hydrogen-bond donors (Lipinski definition) is 0. The number of fused-ring (bicyclic) bond motifs is 1. The highest BCUT2D eigenvalue weighted by Crippen LogP contribution is 2.39. The first kappa shape index (κ1) is 11.5. The van der Waals surface area contributed by atoms with Gasteiger partial charge in [-0.05, 0) is 19.8 Å². The Labute approximate surface area is 116 Å². The van der Waals surface area contributed by atoms with E-state index in [9.17, 15) is 0 Å². The van der Waals surface area contributed by atoms with Crippen molar-refractivity contribution in [3.63, 3.8) is 0 Å². The van der Waals surface area contributed by atoms with Crippen LogP contribution in [0.3, 0.4) is 0 Å². The molecule has 1 aliphatic heterocycles. The Bertz CT molecular complexity index is 598. The van der Waals surface area contributed by atoms with Crippen molar-refractivity contribution in [2.75, 3.05) is 6.54 Å². The van der Waals surface area contributed by atoms with E-state index in [0.29, 0.717) is 5.92 Å². The summed E-state index contributed by atoms with van der Waals surface area (Å²) in [7, 11) is 0. The van der Waals surface area contributed by atoms with Gasteiger partial charge in [-0.25, -0.2) is 4.98 Å². The van der Waals surface area contributed by atoms with Gasteiger partial charge in [0.05, 0.1) is 11.6 Å². The van der Waals surface area contributed by atoms with Crippen molar-refractivity contribution in [1.29, 1.82) is 0 Å². The summed E-state index contributed by atoms with van der Waals surface area (Å²) in [6.07, 6.45) is 4.58. The van der Waals surface area contributed by atoms with Crippen molar-refractivity contribution in [1.82, 2.24) is 24.6 Å². The molecule has 100 valence electrons. The van der Waals surface area contributed by atoms with Gasteiger partial charge in [0.1, 0.15) is 11.6 Å². The quantitative estimate of drug-likeness (QED) is 0.859. The molecule has 2 aromatic rings. The van der Waals surface area contributed by atoms with E-state index in [1.165, 1.54) is 23.5 Å². The third-order valence-corrected chi connectivity index (χ3v) is 4.75. The Morgan fingerprint density at radius 2 is 2.21 bits per heavy atom. The smallest absolute Gasteiger partial charge is 0.147 e. The lowest BCUT2D eigenvalue weighted by Crippen LogP contribution is -2.33. The van der Waals surface area contributed by atoms with Crippen LogP contribution in [0.1, 0.15) is 40.3 Å². The Hall–Kier alpha value is -1.27. The molecule has 1 saturated carbocycles. The summed E-state index contributed by atoms with van der Waals surface area (Å²) in [5, 5.41) is 9.90. The number of aromatic nitrogens is 4. The van der Waals surface area contributed by atoms with Crippen LogP contribution in [0, 0.1) is 6.92 Å². The molecule has 4 rings (SSSR count). The molecule has 3 heterocycles. The zero-order valence-electron chi connectivity index (χ0n) is 11.0. The van der Waals surface area contributed by atoms with Crippen LogP contribution in [0.4, 0.5) is 0 Å². The molecular formula is C13H17N5S. The number of aryl methyl sites for hydroxylation is 1. The van der Waals surface area contributed by atoms with Crippen molar-refractivity contribution >= 4 is 11.3 Å². The lowest BCUT2D eigenvalue weighted by molar-refractivity contribution is 0.209. The molecule has 0 amide bonds. The first-order valence-corrected chi connectivity index (χ1v) is 7.67. The highest BCUT2D eigenvalue weighted by Gasteiger charge is 2.32. The minimum atomic E-state index is 0.692. The molecule has 5 nitrogen and oxygen atoms in total. The minimum Gasteiger partial charge on any atom is -0.312 e. The van der Waals surface area contributed by atoms with Crippen LogP contribution in [0.5, 0.6) is 0 Å². The summed E-state index contributed by atoms with van der Waals surface area (Å²) in [5.74, 6) is 3.05. The highest BCUT2D eigenvalue weighted by molar-refractivity contribution is 7.11. The van der Waals surface area contributed by atoms with Crippen LogP contribution in [0.15, 0.2) is 6.20 Å². The number of nitrogens with zero attached hydrogens (tertiary/aromatic N) is 5. The molecular weight excluding hydrogens is 258 g/mol. The van der Waals surface area contributed by atoms with Gasteiger partial charge in [-0.15, -0.1) is 21.5 Å². The second-order valence-corrected chi connectivity index (χ2v) is 6.78. The summed E-state index contributed by atoms with van der Waals surface area (Å²) in [6.45, 7) is 6.07. The van der Waals surface area contributed by atoms with Gasteiger partial charge in [0.15, 0.2) is 0 Å². The molecule has 0 radical (unpaired) electrons. The van der Waals surface area contributed by atoms with Crippen LogP contribution in [0.25, 0.3) is 0 Å². The number of hydrogen-bond acceptors (Lipinski definition) is 5. The van der Waals surface area contributed by atoms with E-state index in [4.69, 9.17) is 0 Å². The van der Waals surface area contributed by atoms with Gasteiger partial charge in [-0.1, -0.05) is 0 Å². The van der Waals surface area contributed by atoms with E-state index >= 15 is 0 Å². The normalized spacial score (nSPS) is 19.6. The van der Waals surface area contributed by atoms with Crippen molar-refractivity contribution < 1.29 is 0 Å². The summed E-state index contributed by atoms with van der Waals surface area (Å²) in [4.78, 5) is 8.10. The van der Waals surface area contributed by atoms with E-state index in [-0.39, 0.29) is 0 Å². The fraction of sp³-hybridized carbons (Fsp3) is 0.615. The molecule has 2 aromatic heterocycles. The number of thiazole rings is 1. The average molecular weight is 275 g/mol. The monoisotopic (exact) mass is 275 g/mol. The Kier molecular flexibility index (Phi) is 2.66. The van der Waals surface area contributed by atoms with E-state index in [0.717, 1.165) is 37.0 Å². The van der Waals surface area contributed by atoms with Crippen LogP contribution >= 0.6 is 11.3 Å². The molecule has 0 saturated heterocycles. The molecule has 0 spiro atoms. The summed E-state index contributed by atoms with van der Waals surface area (Å²) in [5.41, 5.74) is 0. The van der Waals surface area contributed by atoms with Crippen LogP contribution in [-0.2, 0) is 19.6 Å². The Morgan fingerprint density at radius 1 is 1.32 bits per heavy atom. The van der Waals surface area contributed by atoms with Crippen LogP contribution < -0.4 is 0 Å². The lowest BCUT2D eigenvalue weighted by atomic mass is 10.3. The fourth-order valence-corrected chi connectivity index (χ4v) is 3.54. The van der Waals surface area contributed by atoms with Gasteiger partial charge in [-0.3, -0.25) is 4.90 Å². The topological polar surface area (TPSA) is 46.8 Å². The largest absolute Gasteiger partial charge is 0.312 e. The lowest BCUT2D eigenvalue weighted by Gasteiger charge is -2.27. The maximum absolute atomic E-state index is 4.38. The van der Waals surface area contributed by atoms with Gasteiger partial charge in [0.2, 0.25) is 0 Å². The van der Waals surface area contributed by atoms with Gasteiger partial charge in [-0.2, -0.15) is 0 Å². The highest BCUT2D eigenvalue weighted by atomic mass is 32.1. The summed E-state index contributed by atoms with van der Waals surface area (Å²) in [6, 6.07) is 0. The third kappa shape index (κ3) is 2.19. The van der Waals surface area contributed by atoms with E-state index < -0.39 is 0 Å². The van der Waals surface area contributed by atoms with Gasteiger partial charge < -0.3 is 4.57 Å². The molecule has 1 aliphatic carbocycles. The summed E-state index contributed by atoms with van der Waals surface area (Å²) < 4.78 is 2.34. The first-order chi connectivity index (χ1) is 9.29. The Morgan fingerprint density at radius 3 is 2.95 bits per heavy atom. The fourth-order valence-electron chi connectivity index (χ4n) is 2.71. The van der Waals surface area contributed by atoms with Gasteiger partial charge >= 0.3 is 0 Å². The third-order valence-electron chi connectivity index (χ3n) is 3.85. The zero-order chi connectivity index (χ0) is 12.8. The predicted octanol–water partition coefficient (Wildman–Crippen LogP) is 1.94. The minimum absolute atomic E-state index is 0.692. The van der Waals surface area contributed by atoms with Crippen molar-refractivity contribution in [2.45, 2.75) is 45.3 Å². The SMILES string of the molecule is Cc1ncc(CN2CCn3c(nnc3C3CC3)C2)s1. The molecule has 0 atom stereocenters. The molecule has 19 heavy (non-hydrogen) atoms. The van der Waals surface area contributed by atoms with Crippen molar-refractivity contribution in [2.24, 2.45) is 0 Å². The van der Waals surface area contributed by atoms with Crippen LogP contribution in [0.2, 0.25) is 0 Å². The Balaban J connectivity index is 1.49.